The summed E-state index contributed by atoms with van der Waals surface area (Å²) in [6, 6.07) is 21.6. The van der Waals surface area contributed by atoms with E-state index in [9.17, 15) is 5.11 Å². The number of ether oxygens (including phenoxy) is 1. The fraction of sp³-hybridized carbons (Fsp3) is 0.150. The molecule has 25 heavy (non-hydrogen) atoms. The molecule has 0 radical (unpaired) electrons. The third kappa shape index (κ3) is 3.43. The highest BCUT2D eigenvalue weighted by Gasteiger charge is 2.16. The number of aliphatic hydroxyl groups excluding tert-OH is 1. The molecule has 0 fully saturated rings. The van der Waals surface area contributed by atoms with E-state index in [0.717, 1.165) is 27.5 Å². The van der Waals surface area contributed by atoms with Gasteiger partial charge in [-0.05, 0) is 35.7 Å². The summed E-state index contributed by atoms with van der Waals surface area (Å²) < 4.78 is 7.75. The Bertz CT molecular complexity index is 948. The van der Waals surface area contributed by atoms with Crippen LogP contribution in [0, 0.1) is 0 Å². The van der Waals surface area contributed by atoms with E-state index in [1.54, 1.807) is 11.3 Å². The van der Waals surface area contributed by atoms with Crippen LogP contribution in [0.25, 0.3) is 21.7 Å². The van der Waals surface area contributed by atoms with Crippen molar-refractivity contribution in [3.05, 3.63) is 72.1 Å². The summed E-state index contributed by atoms with van der Waals surface area (Å²) in [6.07, 6.45) is -0.628. The smallest absolute Gasteiger partial charge is 0.151 e. The molecule has 5 heteroatoms. The number of benzene rings is 2. The fourth-order valence-electron chi connectivity index (χ4n) is 2.83. The van der Waals surface area contributed by atoms with Gasteiger partial charge in [-0.15, -0.1) is 11.3 Å². The van der Waals surface area contributed by atoms with Gasteiger partial charge in [-0.1, -0.05) is 36.4 Å². The van der Waals surface area contributed by atoms with Gasteiger partial charge in [0, 0.05) is 0 Å². The zero-order valence-electron chi connectivity index (χ0n) is 13.6. The minimum Gasteiger partial charge on any atom is -0.491 e. The van der Waals surface area contributed by atoms with Crippen molar-refractivity contribution in [1.82, 2.24) is 9.55 Å². The maximum absolute atomic E-state index is 10.5. The third-order valence-corrected chi connectivity index (χ3v) is 4.84. The number of para-hydroxylation sites is 3. The van der Waals surface area contributed by atoms with Gasteiger partial charge in [0.2, 0.25) is 0 Å². The first-order valence-electron chi connectivity index (χ1n) is 8.16. The third-order valence-electron chi connectivity index (χ3n) is 3.98. The number of aromatic nitrogens is 2. The Morgan fingerprint density at radius 2 is 1.80 bits per heavy atom. The van der Waals surface area contributed by atoms with E-state index in [2.05, 4.69) is 10.6 Å². The summed E-state index contributed by atoms with van der Waals surface area (Å²) in [5, 5.41) is 12.5. The van der Waals surface area contributed by atoms with Crippen LogP contribution in [-0.4, -0.2) is 27.4 Å². The predicted molar refractivity (Wildman–Crippen MR) is 101 cm³/mol. The molecule has 2 heterocycles. The van der Waals surface area contributed by atoms with Crippen molar-refractivity contribution in [2.45, 2.75) is 12.6 Å². The van der Waals surface area contributed by atoms with Crippen LogP contribution in [0.2, 0.25) is 0 Å². The molecule has 0 amide bonds. The second-order valence-corrected chi connectivity index (χ2v) is 6.74. The van der Waals surface area contributed by atoms with Crippen molar-refractivity contribution >= 4 is 22.4 Å². The lowest BCUT2D eigenvalue weighted by molar-refractivity contribution is 0.0938. The Kier molecular flexibility index (Phi) is 4.50. The number of nitrogens with zero attached hydrogens (tertiary/aromatic N) is 2. The van der Waals surface area contributed by atoms with Crippen molar-refractivity contribution < 1.29 is 9.84 Å². The van der Waals surface area contributed by atoms with Crippen molar-refractivity contribution in [1.29, 1.82) is 0 Å². The van der Waals surface area contributed by atoms with E-state index in [1.807, 2.05) is 66.0 Å². The molecular formula is C20H18N2O2S. The van der Waals surface area contributed by atoms with Crippen molar-refractivity contribution in [2.24, 2.45) is 0 Å². The van der Waals surface area contributed by atoms with Gasteiger partial charge in [-0.2, -0.15) is 0 Å². The SMILES string of the molecule is O[C@@H](COc1ccccc1)Cn1c(-c2cccs2)nc2ccccc21. The molecule has 0 bridgehead atoms. The molecule has 4 nitrogen and oxygen atoms in total. The highest BCUT2D eigenvalue weighted by Crippen LogP contribution is 2.28. The van der Waals surface area contributed by atoms with Crippen LogP contribution in [-0.2, 0) is 6.54 Å². The number of hydrogen-bond acceptors (Lipinski definition) is 4. The van der Waals surface area contributed by atoms with E-state index in [4.69, 9.17) is 9.72 Å². The normalized spacial score (nSPS) is 12.4. The van der Waals surface area contributed by atoms with E-state index in [0.29, 0.717) is 6.54 Å². The molecule has 0 aliphatic heterocycles. The van der Waals surface area contributed by atoms with Crippen LogP contribution in [0.5, 0.6) is 5.75 Å². The first-order chi connectivity index (χ1) is 12.3. The molecule has 1 N–H and O–H groups in total. The van der Waals surface area contributed by atoms with Crippen LogP contribution >= 0.6 is 11.3 Å². The van der Waals surface area contributed by atoms with Gasteiger partial charge in [-0.25, -0.2) is 4.98 Å². The molecule has 0 aliphatic carbocycles. The minimum atomic E-state index is -0.628. The Morgan fingerprint density at radius 1 is 1.00 bits per heavy atom. The van der Waals surface area contributed by atoms with Crippen molar-refractivity contribution in [3.8, 4) is 16.5 Å². The fourth-order valence-corrected chi connectivity index (χ4v) is 3.55. The van der Waals surface area contributed by atoms with Crippen LogP contribution in [0.4, 0.5) is 0 Å². The summed E-state index contributed by atoms with van der Waals surface area (Å²) in [4.78, 5) is 5.84. The largest absolute Gasteiger partial charge is 0.491 e. The summed E-state index contributed by atoms with van der Waals surface area (Å²) in [7, 11) is 0. The molecule has 1 atom stereocenters. The second-order valence-electron chi connectivity index (χ2n) is 5.79. The monoisotopic (exact) mass is 350 g/mol. The minimum absolute atomic E-state index is 0.237. The van der Waals surface area contributed by atoms with Gasteiger partial charge < -0.3 is 14.4 Å². The molecule has 2 aromatic carbocycles. The first-order valence-corrected chi connectivity index (χ1v) is 9.04. The maximum Gasteiger partial charge on any atom is 0.151 e. The molecular weight excluding hydrogens is 332 g/mol. The molecule has 4 rings (SSSR count). The summed E-state index contributed by atoms with van der Waals surface area (Å²) in [5.41, 5.74) is 1.95. The van der Waals surface area contributed by atoms with Crippen LogP contribution < -0.4 is 4.74 Å². The molecule has 126 valence electrons. The van der Waals surface area contributed by atoms with Gasteiger partial charge in [0.25, 0.3) is 0 Å². The molecule has 0 aliphatic rings. The number of fused-ring (bicyclic) bond motifs is 1. The maximum atomic E-state index is 10.5. The summed E-state index contributed by atoms with van der Waals surface area (Å²) in [6.45, 7) is 0.668. The first kappa shape index (κ1) is 15.9. The average molecular weight is 350 g/mol. The number of imidazole rings is 1. The van der Waals surface area contributed by atoms with Crippen LogP contribution in [0.3, 0.4) is 0 Å². The van der Waals surface area contributed by atoms with Gasteiger partial charge >= 0.3 is 0 Å². The van der Waals surface area contributed by atoms with Crippen LogP contribution in [0.1, 0.15) is 0 Å². The zero-order valence-corrected chi connectivity index (χ0v) is 14.4. The van der Waals surface area contributed by atoms with E-state index in [1.165, 1.54) is 0 Å². The van der Waals surface area contributed by atoms with E-state index in [-0.39, 0.29) is 6.61 Å². The lowest BCUT2D eigenvalue weighted by atomic mass is 10.3. The average Bonchev–Trinajstić information content (AvgIpc) is 3.29. The second kappa shape index (κ2) is 7.09. The zero-order chi connectivity index (χ0) is 17.1. The molecule has 0 saturated carbocycles. The Balaban J connectivity index is 1.58. The highest BCUT2D eigenvalue weighted by molar-refractivity contribution is 7.13. The number of thiophene rings is 1. The highest BCUT2D eigenvalue weighted by atomic mass is 32.1. The number of hydrogen-bond donors (Lipinski definition) is 1. The van der Waals surface area contributed by atoms with E-state index >= 15 is 0 Å². The quantitative estimate of drug-likeness (QED) is 0.567. The Labute approximate surface area is 150 Å². The lowest BCUT2D eigenvalue weighted by Crippen LogP contribution is -2.24. The number of aliphatic hydroxyl groups is 1. The standard InChI is InChI=1S/C20H18N2O2S/c23-15(14-24-16-7-2-1-3-8-16)13-22-18-10-5-4-9-17(18)21-20(22)19-11-6-12-25-19/h1-12,15,23H,13-14H2/t15-/m1/s1. The molecule has 0 saturated heterocycles. The van der Waals surface area contributed by atoms with Crippen LogP contribution in [0.15, 0.2) is 72.1 Å². The Morgan fingerprint density at radius 3 is 2.60 bits per heavy atom. The summed E-state index contributed by atoms with van der Waals surface area (Å²) >= 11 is 1.65. The van der Waals surface area contributed by atoms with Gasteiger partial charge in [0.05, 0.1) is 22.5 Å². The van der Waals surface area contributed by atoms with E-state index < -0.39 is 6.10 Å². The van der Waals surface area contributed by atoms with Gasteiger partial charge in [0.15, 0.2) is 5.82 Å². The van der Waals surface area contributed by atoms with Crippen molar-refractivity contribution in [3.63, 3.8) is 0 Å². The lowest BCUT2D eigenvalue weighted by Gasteiger charge is -2.15. The molecule has 4 aromatic rings. The number of rotatable bonds is 6. The summed E-state index contributed by atoms with van der Waals surface area (Å²) in [5.74, 6) is 1.64. The molecule has 2 aromatic heterocycles. The van der Waals surface area contributed by atoms with Gasteiger partial charge in [-0.3, -0.25) is 0 Å². The molecule has 0 spiro atoms. The Hall–Kier alpha value is -2.63. The van der Waals surface area contributed by atoms with Gasteiger partial charge in [0.1, 0.15) is 18.5 Å². The predicted octanol–water partition coefficient (Wildman–Crippen LogP) is 4.20. The topological polar surface area (TPSA) is 47.3 Å². The molecule has 0 unspecified atom stereocenters. The van der Waals surface area contributed by atoms with Crippen molar-refractivity contribution in [2.75, 3.05) is 6.61 Å².